The van der Waals surface area contributed by atoms with Crippen molar-refractivity contribution in [3.63, 3.8) is 0 Å². The molecule has 3 rings (SSSR count). The number of aliphatic hydroxyl groups is 1. The number of aliphatic hydroxyl groups excluding tert-OH is 1. The number of sulfonamides is 1. The summed E-state index contributed by atoms with van der Waals surface area (Å²) in [5.41, 5.74) is 0. The van der Waals surface area contributed by atoms with Gasteiger partial charge >= 0.3 is 0 Å². The lowest BCUT2D eigenvalue weighted by Crippen LogP contribution is -2.49. The van der Waals surface area contributed by atoms with Gasteiger partial charge in [-0.25, -0.2) is 8.42 Å². The van der Waals surface area contributed by atoms with Crippen LogP contribution in [0.2, 0.25) is 0 Å². The van der Waals surface area contributed by atoms with E-state index in [1.165, 1.54) is 30.6 Å². The van der Waals surface area contributed by atoms with Gasteiger partial charge in [-0.15, -0.1) is 11.3 Å². The third-order valence-electron chi connectivity index (χ3n) is 4.75. The maximum absolute atomic E-state index is 12.9. The second-order valence-electron chi connectivity index (χ2n) is 6.06. The molecule has 21 heavy (non-hydrogen) atoms. The molecule has 0 spiro atoms. The van der Waals surface area contributed by atoms with E-state index in [2.05, 4.69) is 0 Å². The van der Waals surface area contributed by atoms with E-state index in [1.54, 1.807) is 10.4 Å². The van der Waals surface area contributed by atoms with E-state index in [0.29, 0.717) is 23.1 Å². The Kier molecular flexibility index (Phi) is 4.69. The van der Waals surface area contributed by atoms with Crippen LogP contribution in [-0.4, -0.2) is 37.0 Å². The van der Waals surface area contributed by atoms with E-state index >= 15 is 0 Å². The number of thiophene rings is 1. The zero-order valence-corrected chi connectivity index (χ0v) is 13.8. The van der Waals surface area contributed by atoms with Gasteiger partial charge in [-0.2, -0.15) is 4.31 Å². The minimum Gasteiger partial charge on any atom is -0.396 e. The van der Waals surface area contributed by atoms with Crippen molar-refractivity contribution in [2.45, 2.75) is 55.2 Å². The Morgan fingerprint density at radius 2 is 1.95 bits per heavy atom. The molecule has 1 aliphatic heterocycles. The average molecular weight is 329 g/mol. The molecule has 0 radical (unpaired) electrons. The van der Waals surface area contributed by atoms with Crippen molar-refractivity contribution in [2.24, 2.45) is 5.92 Å². The van der Waals surface area contributed by atoms with Gasteiger partial charge in [0.05, 0.1) is 0 Å². The van der Waals surface area contributed by atoms with E-state index in [1.807, 2.05) is 6.07 Å². The highest BCUT2D eigenvalue weighted by atomic mass is 32.2. The Hall–Kier alpha value is -0.430. The van der Waals surface area contributed by atoms with E-state index < -0.39 is 10.0 Å². The van der Waals surface area contributed by atoms with Gasteiger partial charge in [-0.3, -0.25) is 0 Å². The van der Waals surface area contributed by atoms with E-state index in [4.69, 9.17) is 5.11 Å². The first-order valence-corrected chi connectivity index (χ1v) is 10.1. The smallest absolute Gasteiger partial charge is 0.252 e. The largest absolute Gasteiger partial charge is 0.396 e. The molecule has 1 aromatic rings. The zero-order valence-electron chi connectivity index (χ0n) is 12.2. The van der Waals surface area contributed by atoms with Crippen LogP contribution < -0.4 is 0 Å². The standard InChI is InChI=1S/C15H23NO3S2/c17-11-9-13-7-8-15(20-13)21(18,19)16-10-3-5-12-4-1-2-6-14(12)16/h7-8,12,14,17H,1-6,9-11H2/t12-,14-/m1/s1. The monoisotopic (exact) mass is 329 g/mol. The summed E-state index contributed by atoms with van der Waals surface area (Å²) in [6.45, 7) is 0.727. The number of hydrogen-bond acceptors (Lipinski definition) is 4. The number of piperidine rings is 1. The summed E-state index contributed by atoms with van der Waals surface area (Å²) in [5.74, 6) is 0.555. The van der Waals surface area contributed by atoms with Crippen LogP contribution in [0.5, 0.6) is 0 Å². The van der Waals surface area contributed by atoms with Crippen LogP contribution >= 0.6 is 11.3 Å². The van der Waals surface area contributed by atoms with Gasteiger partial charge in [0, 0.05) is 30.5 Å². The predicted molar refractivity (Wildman–Crippen MR) is 84.0 cm³/mol. The maximum Gasteiger partial charge on any atom is 0.252 e. The first kappa shape index (κ1) is 15.5. The molecule has 2 atom stereocenters. The molecule has 0 unspecified atom stereocenters. The van der Waals surface area contributed by atoms with Gasteiger partial charge in [0.25, 0.3) is 10.0 Å². The Labute approximate surface area is 130 Å². The second-order valence-corrected chi connectivity index (χ2v) is 9.35. The molecular weight excluding hydrogens is 306 g/mol. The summed E-state index contributed by atoms with van der Waals surface area (Å²) < 4.78 is 28.1. The van der Waals surface area contributed by atoms with E-state index in [0.717, 1.165) is 24.1 Å². The van der Waals surface area contributed by atoms with Crippen molar-refractivity contribution in [3.05, 3.63) is 17.0 Å². The molecule has 1 aliphatic carbocycles. The van der Waals surface area contributed by atoms with Gasteiger partial charge in [0.2, 0.25) is 0 Å². The molecule has 0 aromatic carbocycles. The fourth-order valence-electron chi connectivity index (χ4n) is 3.73. The molecule has 1 N–H and O–H groups in total. The molecule has 2 fully saturated rings. The van der Waals surface area contributed by atoms with Gasteiger partial charge in [-0.05, 0) is 43.7 Å². The highest BCUT2D eigenvalue weighted by Crippen LogP contribution is 2.39. The Morgan fingerprint density at radius 1 is 1.19 bits per heavy atom. The molecule has 118 valence electrons. The van der Waals surface area contributed by atoms with Gasteiger partial charge in [-0.1, -0.05) is 12.8 Å². The van der Waals surface area contributed by atoms with Crippen molar-refractivity contribution in [3.8, 4) is 0 Å². The number of nitrogens with zero attached hydrogens (tertiary/aromatic N) is 1. The fourth-order valence-corrected chi connectivity index (χ4v) is 6.96. The summed E-state index contributed by atoms with van der Waals surface area (Å²) in [7, 11) is -3.36. The SMILES string of the molecule is O=S(=O)(c1ccc(CCO)s1)N1CCC[C@H]2CCCC[C@H]21. The van der Waals surface area contributed by atoms with Crippen LogP contribution in [0.4, 0.5) is 0 Å². The molecule has 6 heteroatoms. The Morgan fingerprint density at radius 3 is 2.76 bits per heavy atom. The number of fused-ring (bicyclic) bond motifs is 1. The summed E-state index contributed by atoms with van der Waals surface area (Å²) in [6, 6.07) is 3.74. The first-order valence-electron chi connectivity index (χ1n) is 7.84. The highest BCUT2D eigenvalue weighted by molar-refractivity contribution is 7.91. The average Bonchev–Trinajstić information content (AvgIpc) is 2.96. The van der Waals surface area contributed by atoms with Crippen molar-refractivity contribution < 1.29 is 13.5 Å². The molecule has 2 heterocycles. The van der Waals surface area contributed by atoms with Crippen LogP contribution in [0.25, 0.3) is 0 Å². The maximum atomic E-state index is 12.9. The summed E-state index contributed by atoms with van der Waals surface area (Å²) in [6.07, 6.45) is 7.27. The summed E-state index contributed by atoms with van der Waals surface area (Å²) in [5, 5.41) is 8.98. The summed E-state index contributed by atoms with van der Waals surface area (Å²) >= 11 is 1.31. The normalized spacial score (nSPS) is 27.5. The second kappa shape index (κ2) is 6.36. The van der Waals surface area contributed by atoms with Crippen molar-refractivity contribution in [1.82, 2.24) is 4.31 Å². The molecule has 1 aromatic heterocycles. The Balaban J connectivity index is 1.85. The van der Waals surface area contributed by atoms with E-state index in [-0.39, 0.29) is 12.6 Å². The zero-order chi connectivity index (χ0) is 14.9. The molecular formula is C15H23NO3S2. The van der Waals surface area contributed by atoms with Gasteiger partial charge in [0.1, 0.15) is 4.21 Å². The highest BCUT2D eigenvalue weighted by Gasteiger charge is 2.40. The van der Waals surface area contributed by atoms with Gasteiger partial charge < -0.3 is 5.11 Å². The third-order valence-corrected chi connectivity index (χ3v) is 8.29. The Bertz CT molecular complexity index is 579. The topological polar surface area (TPSA) is 57.6 Å². The van der Waals surface area contributed by atoms with Crippen molar-refractivity contribution in [2.75, 3.05) is 13.2 Å². The molecule has 1 saturated carbocycles. The van der Waals surface area contributed by atoms with Crippen LogP contribution in [0, 0.1) is 5.92 Å². The quantitative estimate of drug-likeness (QED) is 0.924. The van der Waals surface area contributed by atoms with Crippen LogP contribution in [0.15, 0.2) is 16.3 Å². The third kappa shape index (κ3) is 3.04. The van der Waals surface area contributed by atoms with Crippen molar-refractivity contribution in [1.29, 1.82) is 0 Å². The molecule has 0 amide bonds. The van der Waals surface area contributed by atoms with E-state index in [9.17, 15) is 8.42 Å². The van der Waals surface area contributed by atoms with Crippen molar-refractivity contribution >= 4 is 21.4 Å². The minimum atomic E-state index is -3.36. The lowest BCUT2D eigenvalue weighted by Gasteiger charge is -2.42. The first-order chi connectivity index (χ1) is 10.1. The molecule has 2 aliphatic rings. The molecule has 0 bridgehead atoms. The summed E-state index contributed by atoms with van der Waals surface area (Å²) in [4.78, 5) is 0.938. The minimum absolute atomic E-state index is 0.0639. The predicted octanol–water partition coefficient (Wildman–Crippen LogP) is 2.63. The lowest BCUT2D eigenvalue weighted by atomic mass is 9.79. The molecule has 4 nitrogen and oxygen atoms in total. The van der Waals surface area contributed by atoms with Crippen LogP contribution in [0.3, 0.4) is 0 Å². The lowest BCUT2D eigenvalue weighted by molar-refractivity contribution is 0.129. The van der Waals surface area contributed by atoms with Gasteiger partial charge in [0.15, 0.2) is 0 Å². The molecule has 1 saturated heterocycles. The number of hydrogen-bond donors (Lipinski definition) is 1. The van der Waals surface area contributed by atoms with Crippen LogP contribution in [-0.2, 0) is 16.4 Å². The fraction of sp³-hybridized carbons (Fsp3) is 0.733. The number of rotatable bonds is 4. The van der Waals surface area contributed by atoms with Crippen LogP contribution in [0.1, 0.15) is 43.4 Å².